The van der Waals surface area contributed by atoms with Crippen LogP contribution in [0.2, 0.25) is 0 Å². The van der Waals surface area contributed by atoms with Crippen molar-refractivity contribution < 1.29 is 9.90 Å². The topological polar surface area (TPSA) is 49.3 Å². The summed E-state index contributed by atoms with van der Waals surface area (Å²) in [4.78, 5) is 10.2. The lowest BCUT2D eigenvalue weighted by atomic mass is 10.0. The van der Waals surface area contributed by atoms with Crippen molar-refractivity contribution in [1.29, 1.82) is 0 Å². The fraction of sp³-hybridized carbons (Fsp3) is 0.571. The van der Waals surface area contributed by atoms with Crippen LogP contribution in [0.5, 0.6) is 0 Å². The van der Waals surface area contributed by atoms with Crippen LogP contribution in [-0.4, -0.2) is 16.7 Å². The molecular weight excluding hydrogens is 257 g/mol. The second-order valence-electron chi connectivity index (χ2n) is 2.76. The molecule has 0 aromatic heterocycles. The third-order valence-electron chi connectivity index (χ3n) is 1.04. The molecule has 0 fully saturated rings. The molecule has 0 saturated carbocycles. The van der Waals surface area contributed by atoms with Crippen molar-refractivity contribution in [3.63, 3.8) is 0 Å². The molecule has 1 amide bonds. The number of carboxylic acid groups (broad SMARTS) is 1. The van der Waals surface area contributed by atoms with Gasteiger partial charge in [0.15, 0.2) is 0 Å². The van der Waals surface area contributed by atoms with E-state index in [1.807, 2.05) is 22.6 Å². The van der Waals surface area contributed by atoms with Gasteiger partial charge in [-0.1, -0.05) is 5.92 Å². The molecule has 0 atom stereocenters. The largest absolute Gasteiger partial charge is 0.465 e. The summed E-state index contributed by atoms with van der Waals surface area (Å²) in [5.74, 6) is 2.80. The fourth-order valence-electron chi connectivity index (χ4n) is 0.588. The lowest BCUT2D eigenvalue weighted by molar-refractivity contribution is 0.183. The first-order valence-corrected chi connectivity index (χ1v) is 4.15. The van der Waals surface area contributed by atoms with Gasteiger partial charge in [-0.15, -0.1) is 0 Å². The third kappa shape index (κ3) is 5.98. The Labute approximate surface area is 79.7 Å². The summed E-state index contributed by atoms with van der Waals surface area (Å²) in [6, 6.07) is 0. The number of hydrogen-bond acceptors (Lipinski definition) is 1. The Balaban J connectivity index is 3.96. The average molecular weight is 267 g/mol. The van der Waals surface area contributed by atoms with Crippen LogP contribution < -0.4 is 5.32 Å². The molecule has 0 heterocycles. The van der Waals surface area contributed by atoms with Crippen molar-refractivity contribution in [2.45, 2.75) is 25.8 Å². The van der Waals surface area contributed by atoms with Gasteiger partial charge >= 0.3 is 6.09 Å². The third-order valence-corrected chi connectivity index (χ3v) is 1.42. The number of carbonyl (C=O) groups is 1. The Morgan fingerprint density at radius 1 is 1.73 bits per heavy atom. The molecule has 0 aliphatic heterocycles. The van der Waals surface area contributed by atoms with Gasteiger partial charge in [-0.3, -0.25) is 0 Å². The van der Waals surface area contributed by atoms with Crippen LogP contribution in [0.1, 0.15) is 20.3 Å². The van der Waals surface area contributed by atoms with Gasteiger partial charge in [0, 0.05) is 34.6 Å². The van der Waals surface area contributed by atoms with Gasteiger partial charge in [0.05, 0.1) is 0 Å². The summed E-state index contributed by atoms with van der Waals surface area (Å²) in [5.41, 5.74) is -0.454. The molecule has 0 aliphatic rings. The van der Waals surface area contributed by atoms with E-state index >= 15 is 0 Å². The highest BCUT2D eigenvalue weighted by Crippen LogP contribution is 2.06. The molecule has 4 heteroatoms. The summed E-state index contributed by atoms with van der Waals surface area (Å²) in [5, 5.41) is 10.8. The fourth-order valence-corrected chi connectivity index (χ4v) is 0.779. The second-order valence-corrected chi connectivity index (χ2v) is 3.30. The highest BCUT2D eigenvalue weighted by molar-refractivity contribution is 14.1. The number of amides is 1. The minimum Gasteiger partial charge on any atom is -0.465 e. The summed E-state index contributed by atoms with van der Waals surface area (Å²) < 4.78 is 2.68. The van der Waals surface area contributed by atoms with Gasteiger partial charge in [-0.25, -0.2) is 4.79 Å². The number of rotatable bonds is 2. The maximum Gasteiger partial charge on any atom is 0.405 e. The molecule has 0 aromatic rings. The van der Waals surface area contributed by atoms with Gasteiger partial charge in [0.2, 0.25) is 0 Å². The smallest absolute Gasteiger partial charge is 0.405 e. The average Bonchev–Trinajstić information content (AvgIpc) is 1.81. The maximum absolute atomic E-state index is 10.2. The van der Waals surface area contributed by atoms with E-state index in [0.29, 0.717) is 6.42 Å². The Kier molecular flexibility index (Phi) is 4.26. The predicted molar refractivity (Wildman–Crippen MR) is 51.7 cm³/mol. The van der Waals surface area contributed by atoms with Crippen molar-refractivity contribution in [2.24, 2.45) is 0 Å². The van der Waals surface area contributed by atoms with E-state index in [1.54, 1.807) is 13.8 Å². The van der Waals surface area contributed by atoms with Gasteiger partial charge in [-0.2, -0.15) is 0 Å². The summed E-state index contributed by atoms with van der Waals surface area (Å²) >= 11 is 1.92. The van der Waals surface area contributed by atoms with Crippen LogP contribution in [0.4, 0.5) is 4.79 Å². The maximum atomic E-state index is 10.2. The van der Waals surface area contributed by atoms with Crippen LogP contribution in [-0.2, 0) is 0 Å². The molecular formula is C7H10INO2. The van der Waals surface area contributed by atoms with E-state index in [2.05, 4.69) is 15.2 Å². The monoisotopic (exact) mass is 267 g/mol. The first kappa shape index (κ1) is 10.6. The minimum atomic E-state index is -1.01. The molecule has 2 N–H and O–H groups in total. The van der Waals surface area contributed by atoms with Gasteiger partial charge < -0.3 is 10.4 Å². The second kappa shape index (κ2) is 4.44. The summed E-state index contributed by atoms with van der Waals surface area (Å²) in [6.45, 7) is 3.59. The van der Waals surface area contributed by atoms with Crippen molar-refractivity contribution in [2.75, 3.05) is 0 Å². The lowest BCUT2D eigenvalue weighted by Crippen LogP contribution is -2.42. The van der Waals surface area contributed by atoms with E-state index < -0.39 is 11.6 Å². The van der Waals surface area contributed by atoms with Gasteiger partial charge in [0.25, 0.3) is 0 Å². The van der Waals surface area contributed by atoms with Crippen molar-refractivity contribution >= 4 is 28.7 Å². The van der Waals surface area contributed by atoms with E-state index in [0.717, 1.165) is 0 Å². The first-order chi connectivity index (χ1) is 4.98. The molecule has 0 radical (unpaired) electrons. The zero-order valence-electron chi connectivity index (χ0n) is 6.44. The number of halogens is 1. The van der Waals surface area contributed by atoms with Crippen molar-refractivity contribution in [1.82, 2.24) is 5.32 Å². The first-order valence-electron chi connectivity index (χ1n) is 3.07. The van der Waals surface area contributed by atoms with Crippen LogP contribution in [0.3, 0.4) is 0 Å². The van der Waals surface area contributed by atoms with Crippen LogP contribution in [0.15, 0.2) is 0 Å². The standard InChI is InChI=1S/C7H10INO2/c1-7(2,4-3-5-8)9-6(10)11/h9H,4H2,1-2H3,(H,10,11). The van der Waals surface area contributed by atoms with Gasteiger partial charge in [-0.05, 0) is 17.8 Å². The highest BCUT2D eigenvalue weighted by Gasteiger charge is 2.17. The van der Waals surface area contributed by atoms with E-state index in [1.165, 1.54) is 0 Å². The zero-order chi connectivity index (χ0) is 8.91. The number of nitrogens with one attached hydrogen (secondary N) is 1. The molecule has 0 aliphatic carbocycles. The number of hydrogen-bond donors (Lipinski definition) is 2. The summed E-state index contributed by atoms with van der Waals surface area (Å²) in [6.07, 6.45) is -0.479. The molecule has 11 heavy (non-hydrogen) atoms. The quantitative estimate of drug-likeness (QED) is 0.592. The molecule has 0 unspecified atom stereocenters. The Hall–Kier alpha value is -0.440. The summed E-state index contributed by atoms with van der Waals surface area (Å²) in [7, 11) is 0. The van der Waals surface area contributed by atoms with Gasteiger partial charge in [0.1, 0.15) is 0 Å². The Morgan fingerprint density at radius 3 is 2.64 bits per heavy atom. The molecule has 0 bridgehead atoms. The molecule has 0 aromatic carbocycles. The minimum absolute atomic E-state index is 0.454. The predicted octanol–water partition coefficient (Wildman–Crippen LogP) is 1.82. The molecule has 0 rings (SSSR count). The van der Waals surface area contributed by atoms with E-state index in [-0.39, 0.29) is 0 Å². The zero-order valence-corrected chi connectivity index (χ0v) is 8.60. The van der Waals surface area contributed by atoms with E-state index in [9.17, 15) is 4.79 Å². The molecule has 62 valence electrons. The van der Waals surface area contributed by atoms with E-state index in [4.69, 9.17) is 5.11 Å². The lowest BCUT2D eigenvalue weighted by Gasteiger charge is -2.21. The van der Waals surface area contributed by atoms with Crippen LogP contribution in [0.25, 0.3) is 0 Å². The Bertz CT molecular complexity index is 202. The van der Waals surface area contributed by atoms with Crippen molar-refractivity contribution in [3.8, 4) is 9.85 Å². The van der Waals surface area contributed by atoms with Crippen LogP contribution in [0, 0.1) is 9.85 Å². The Morgan fingerprint density at radius 2 is 2.27 bits per heavy atom. The van der Waals surface area contributed by atoms with Crippen LogP contribution >= 0.6 is 22.6 Å². The molecule has 3 nitrogen and oxygen atoms in total. The highest BCUT2D eigenvalue weighted by atomic mass is 127. The normalized spacial score (nSPS) is 9.73. The molecule has 0 spiro atoms. The van der Waals surface area contributed by atoms with Crippen molar-refractivity contribution in [3.05, 3.63) is 0 Å². The SMILES string of the molecule is CC(C)(CC#CI)NC(=O)O. The molecule has 0 saturated heterocycles.